The predicted octanol–water partition coefficient (Wildman–Crippen LogP) is 0.612. The summed E-state index contributed by atoms with van der Waals surface area (Å²) in [7, 11) is -2.00. The minimum absolute atomic E-state index is 0.131. The van der Waals surface area contributed by atoms with Crippen molar-refractivity contribution in [3.63, 3.8) is 0 Å². The quantitative estimate of drug-likeness (QED) is 0.692. The molecule has 0 aliphatic rings. The van der Waals surface area contributed by atoms with Crippen LogP contribution in [0.2, 0.25) is 0 Å². The Kier molecular flexibility index (Phi) is 3.66. The minimum atomic E-state index is -3.65. The maximum Gasteiger partial charge on any atom is 0.260 e. The first kappa shape index (κ1) is 14.0. The Bertz CT molecular complexity index is 833. The zero-order valence-corrected chi connectivity index (χ0v) is 12.9. The van der Waals surface area contributed by atoms with Crippen molar-refractivity contribution in [2.75, 3.05) is 18.9 Å². The maximum absolute atomic E-state index is 12.5. The highest BCUT2D eigenvalue weighted by Crippen LogP contribution is 2.24. The number of thiazole rings is 1. The number of nitrogens with zero attached hydrogens (tertiary/aromatic N) is 4. The van der Waals surface area contributed by atoms with Gasteiger partial charge in [0.2, 0.25) is 0 Å². The van der Waals surface area contributed by atoms with Gasteiger partial charge >= 0.3 is 0 Å². The summed E-state index contributed by atoms with van der Waals surface area (Å²) < 4.78 is 30.9. The van der Waals surface area contributed by atoms with Crippen LogP contribution < -0.4 is 10.0 Å². The summed E-state index contributed by atoms with van der Waals surface area (Å²) in [4.78, 5) is 8.80. The van der Waals surface area contributed by atoms with Crippen molar-refractivity contribution in [2.24, 2.45) is 0 Å². The molecule has 112 valence electrons. The molecular formula is C11H14N6O2S2. The smallest absolute Gasteiger partial charge is 0.260 e. The topological polar surface area (TPSA) is 93.3 Å². The average molecular weight is 326 g/mol. The number of imidazole rings is 2. The molecule has 10 heteroatoms. The van der Waals surface area contributed by atoms with Crippen LogP contribution in [0, 0.1) is 0 Å². The molecule has 0 fully saturated rings. The summed E-state index contributed by atoms with van der Waals surface area (Å²) in [5, 5.41) is 4.75. The van der Waals surface area contributed by atoms with Gasteiger partial charge in [0, 0.05) is 44.1 Å². The number of hydrogen-bond donors (Lipinski definition) is 2. The van der Waals surface area contributed by atoms with Gasteiger partial charge in [-0.3, -0.25) is 4.40 Å². The SMILES string of the molecule is CNc1nc2sccn2c1S(=O)(=O)NCCn1ccnc1. The second-order valence-corrected chi connectivity index (χ2v) is 6.82. The largest absolute Gasteiger partial charge is 0.371 e. The standard InChI is InChI=1S/C11H14N6O2S2/c1-12-9-10(17-6-7-20-11(17)15-9)21(18,19)14-3-5-16-4-2-13-8-16/h2,4,6-8,12,14H,3,5H2,1H3. The summed E-state index contributed by atoms with van der Waals surface area (Å²) >= 11 is 1.38. The molecule has 8 nitrogen and oxygen atoms in total. The summed E-state index contributed by atoms with van der Waals surface area (Å²) in [6.07, 6.45) is 6.77. The fraction of sp³-hybridized carbons (Fsp3) is 0.273. The van der Waals surface area contributed by atoms with Crippen LogP contribution in [-0.4, -0.2) is 40.9 Å². The molecule has 21 heavy (non-hydrogen) atoms. The number of sulfonamides is 1. The van der Waals surface area contributed by atoms with Crippen molar-refractivity contribution in [3.05, 3.63) is 30.3 Å². The Morgan fingerprint density at radius 1 is 1.38 bits per heavy atom. The first-order valence-corrected chi connectivity index (χ1v) is 8.57. The van der Waals surface area contributed by atoms with E-state index < -0.39 is 10.0 Å². The third-order valence-corrected chi connectivity index (χ3v) is 5.17. The predicted molar refractivity (Wildman–Crippen MR) is 80.0 cm³/mol. The van der Waals surface area contributed by atoms with Crippen molar-refractivity contribution in [1.82, 2.24) is 23.7 Å². The Labute approximate surface area is 125 Å². The molecule has 0 atom stereocenters. The lowest BCUT2D eigenvalue weighted by atomic mass is 10.6. The molecule has 0 radical (unpaired) electrons. The molecular weight excluding hydrogens is 312 g/mol. The van der Waals surface area contributed by atoms with Gasteiger partial charge in [0.1, 0.15) is 0 Å². The van der Waals surface area contributed by atoms with E-state index >= 15 is 0 Å². The average Bonchev–Trinajstić information content (AvgIpc) is 3.13. The Hall–Kier alpha value is -1.91. The van der Waals surface area contributed by atoms with Gasteiger partial charge in [-0.1, -0.05) is 0 Å². The van der Waals surface area contributed by atoms with E-state index in [9.17, 15) is 8.42 Å². The lowest BCUT2D eigenvalue weighted by Crippen LogP contribution is -2.28. The molecule has 0 aliphatic heterocycles. The lowest BCUT2D eigenvalue weighted by molar-refractivity contribution is 0.568. The van der Waals surface area contributed by atoms with Crippen LogP contribution in [0.1, 0.15) is 0 Å². The molecule has 0 aliphatic carbocycles. The van der Waals surface area contributed by atoms with Crippen molar-refractivity contribution in [2.45, 2.75) is 11.6 Å². The first-order valence-electron chi connectivity index (χ1n) is 6.20. The third-order valence-electron chi connectivity index (χ3n) is 2.93. The van der Waals surface area contributed by atoms with Gasteiger partial charge in [-0.05, 0) is 0 Å². The highest BCUT2D eigenvalue weighted by Gasteiger charge is 2.24. The van der Waals surface area contributed by atoms with E-state index in [4.69, 9.17) is 0 Å². The summed E-state index contributed by atoms with van der Waals surface area (Å²) in [6, 6.07) is 0. The van der Waals surface area contributed by atoms with Crippen molar-refractivity contribution in [3.8, 4) is 0 Å². The number of hydrogen-bond acceptors (Lipinski definition) is 6. The van der Waals surface area contributed by atoms with Gasteiger partial charge < -0.3 is 9.88 Å². The van der Waals surface area contributed by atoms with Crippen LogP contribution in [-0.2, 0) is 16.6 Å². The van der Waals surface area contributed by atoms with Crippen LogP contribution in [0.4, 0.5) is 5.82 Å². The third kappa shape index (κ3) is 2.64. The van der Waals surface area contributed by atoms with E-state index in [-0.39, 0.29) is 11.6 Å². The van der Waals surface area contributed by atoms with Gasteiger partial charge in [-0.15, -0.1) is 11.3 Å². The van der Waals surface area contributed by atoms with Crippen LogP contribution in [0.25, 0.3) is 4.96 Å². The van der Waals surface area contributed by atoms with Gasteiger partial charge in [0.05, 0.1) is 6.33 Å². The van der Waals surface area contributed by atoms with E-state index in [0.29, 0.717) is 17.3 Å². The van der Waals surface area contributed by atoms with Crippen molar-refractivity contribution >= 4 is 32.1 Å². The first-order chi connectivity index (χ1) is 10.1. The molecule has 0 bridgehead atoms. The van der Waals surface area contributed by atoms with Gasteiger partial charge in [-0.25, -0.2) is 23.1 Å². The molecule has 0 spiro atoms. The fourth-order valence-corrected chi connectivity index (χ4v) is 4.06. The van der Waals surface area contributed by atoms with Crippen LogP contribution >= 0.6 is 11.3 Å². The van der Waals surface area contributed by atoms with Crippen molar-refractivity contribution < 1.29 is 8.42 Å². The van der Waals surface area contributed by atoms with Gasteiger partial charge in [0.15, 0.2) is 15.8 Å². The highest BCUT2D eigenvalue weighted by molar-refractivity contribution is 7.89. The van der Waals surface area contributed by atoms with E-state index in [1.165, 1.54) is 11.3 Å². The van der Waals surface area contributed by atoms with E-state index in [2.05, 4.69) is 20.0 Å². The number of aromatic nitrogens is 4. The molecule has 0 amide bonds. The Morgan fingerprint density at radius 2 is 2.24 bits per heavy atom. The fourth-order valence-electron chi connectivity index (χ4n) is 1.98. The lowest BCUT2D eigenvalue weighted by Gasteiger charge is -2.08. The number of rotatable bonds is 6. The molecule has 0 aromatic carbocycles. The number of anilines is 1. The molecule has 3 aromatic heterocycles. The molecule has 0 saturated carbocycles. The van der Waals surface area contributed by atoms with Crippen LogP contribution in [0.15, 0.2) is 35.3 Å². The number of nitrogens with one attached hydrogen (secondary N) is 2. The Morgan fingerprint density at radius 3 is 2.95 bits per heavy atom. The minimum Gasteiger partial charge on any atom is -0.371 e. The normalized spacial score (nSPS) is 12.0. The summed E-state index contributed by atoms with van der Waals surface area (Å²) in [6.45, 7) is 0.791. The van der Waals surface area contributed by atoms with E-state index in [0.717, 1.165) is 0 Å². The van der Waals surface area contributed by atoms with E-state index in [1.807, 2.05) is 0 Å². The van der Waals surface area contributed by atoms with E-state index in [1.54, 1.807) is 46.3 Å². The highest BCUT2D eigenvalue weighted by atomic mass is 32.2. The maximum atomic E-state index is 12.5. The van der Waals surface area contributed by atoms with Crippen molar-refractivity contribution in [1.29, 1.82) is 0 Å². The van der Waals surface area contributed by atoms with Gasteiger partial charge in [0.25, 0.3) is 10.0 Å². The Balaban J connectivity index is 1.84. The zero-order chi connectivity index (χ0) is 14.9. The molecule has 3 rings (SSSR count). The monoisotopic (exact) mass is 326 g/mol. The van der Waals surface area contributed by atoms with Gasteiger partial charge in [-0.2, -0.15) is 0 Å². The van der Waals surface area contributed by atoms with Crippen LogP contribution in [0.5, 0.6) is 0 Å². The molecule has 3 heterocycles. The van der Waals surface area contributed by atoms with Crippen LogP contribution in [0.3, 0.4) is 0 Å². The molecule has 0 saturated heterocycles. The number of fused-ring (bicyclic) bond motifs is 1. The molecule has 2 N–H and O–H groups in total. The summed E-state index contributed by atoms with van der Waals surface area (Å²) in [5.41, 5.74) is 0. The summed E-state index contributed by atoms with van der Waals surface area (Å²) in [5.74, 6) is 0.344. The molecule has 3 aromatic rings. The second kappa shape index (κ2) is 5.47. The second-order valence-electron chi connectivity index (χ2n) is 4.27. The zero-order valence-electron chi connectivity index (χ0n) is 11.2. The molecule has 0 unspecified atom stereocenters.